The molecule has 2 unspecified atom stereocenters. The van der Waals surface area contributed by atoms with Crippen LogP contribution in [0.5, 0.6) is 0 Å². The second-order valence-corrected chi connectivity index (χ2v) is 9.14. The van der Waals surface area contributed by atoms with Crippen LogP contribution in [-0.4, -0.2) is 16.6 Å². The van der Waals surface area contributed by atoms with Gasteiger partial charge in [-0.3, -0.25) is 0 Å². The van der Waals surface area contributed by atoms with Crippen molar-refractivity contribution in [2.24, 2.45) is 11.3 Å². The van der Waals surface area contributed by atoms with E-state index in [0.29, 0.717) is 27.4 Å². The second kappa shape index (κ2) is 7.41. The van der Waals surface area contributed by atoms with E-state index in [0.717, 1.165) is 18.7 Å². The summed E-state index contributed by atoms with van der Waals surface area (Å²) in [5, 5.41) is 9.25. The third-order valence-electron chi connectivity index (χ3n) is 6.13. The normalized spacial score (nSPS) is 20.1. The molecule has 1 aliphatic rings. The van der Waals surface area contributed by atoms with Gasteiger partial charge in [0.2, 0.25) is 0 Å². The Morgan fingerprint density at radius 2 is 1.96 bits per heavy atom. The molecule has 1 heterocycles. The summed E-state index contributed by atoms with van der Waals surface area (Å²) < 4.78 is 0. The van der Waals surface area contributed by atoms with Crippen molar-refractivity contribution in [2.45, 2.75) is 33.1 Å². The summed E-state index contributed by atoms with van der Waals surface area (Å²) in [6, 6.07) is 16.2. The number of H-pyrrole nitrogens is 1. The predicted molar refractivity (Wildman–Crippen MR) is 123 cm³/mol. The maximum Gasteiger partial charge on any atom is 0.170 e. The van der Waals surface area contributed by atoms with Crippen LogP contribution in [0.2, 0.25) is 5.02 Å². The average molecular weight is 412 g/mol. The van der Waals surface area contributed by atoms with Gasteiger partial charge >= 0.3 is 0 Å². The van der Waals surface area contributed by atoms with Gasteiger partial charge < -0.3 is 15.6 Å². The number of halogens is 1. The third-order valence-corrected chi connectivity index (χ3v) is 6.61. The number of fused-ring (bicyclic) bond motifs is 1. The average Bonchev–Trinajstić information content (AvgIpc) is 3.00. The summed E-state index contributed by atoms with van der Waals surface area (Å²) in [5.74, 6) is 1.23. The molecular weight excluding hydrogens is 386 g/mol. The molecule has 1 saturated carbocycles. The molecule has 0 saturated heterocycles. The summed E-state index contributed by atoms with van der Waals surface area (Å²) in [7, 11) is 0. The number of anilines is 1. The third kappa shape index (κ3) is 3.63. The number of hydrogen-bond donors (Lipinski definition) is 3. The molecule has 2 aromatic carbocycles. The summed E-state index contributed by atoms with van der Waals surface area (Å²) in [4.78, 5) is 3.56. The summed E-state index contributed by atoms with van der Waals surface area (Å²) in [5.41, 5.74) is 5.24. The first-order chi connectivity index (χ1) is 13.4. The Labute approximate surface area is 176 Å². The van der Waals surface area contributed by atoms with Crippen molar-refractivity contribution in [2.75, 3.05) is 11.9 Å². The molecule has 2 atom stereocenters. The number of rotatable bonds is 5. The fraction of sp³-hybridized carbons (Fsp3) is 0.348. The summed E-state index contributed by atoms with van der Waals surface area (Å²) in [6.45, 7) is 7.82. The minimum atomic E-state index is 0.305. The standard InChI is InChI=1S/C23H26ClN3S/c1-14-20(17-9-4-5-10-19(17)26-14)21-18(23(21,2)3)11-12-25-22(28)27-16-8-6-7-15(24)13-16/h4-10,13,18,21,26H,11-12H2,1-3H3,(H2,25,27,28). The van der Waals surface area contributed by atoms with E-state index < -0.39 is 0 Å². The fourth-order valence-corrected chi connectivity index (χ4v) is 5.05. The zero-order valence-electron chi connectivity index (χ0n) is 16.5. The van der Waals surface area contributed by atoms with Crippen molar-refractivity contribution in [1.82, 2.24) is 10.3 Å². The van der Waals surface area contributed by atoms with E-state index in [1.165, 1.54) is 22.2 Å². The van der Waals surface area contributed by atoms with Gasteiger partial charge in [-0.25, -0.2) is 0 Å². The van der Waals surface area contributed by atoms with Gasteiger partial charge in [-0.2, -0.15) is 0 Å². The quantitative estimate of drug-likeness (QED) is 0.435. The van der Waals surface area contributed by atoms with Crippen LogP contribution in [0, 0.1) is 18.3 Å². The predicted octanol–water partition coefficient (Wildman–Crippen LogP) is 6.25. The molecular formula is C23H26ClN3S. The van der Waals surface area contributed by atoms with Crippen molar-refractivity contribution in [3.63, 3.8) is 0 Å². The highest BCUT2D eigenvalue weighted by Gasteiger charge is 2.58. The highest BCUT2D eigenvalue weighted by molar-refractivity contribution is 7.80. The number of benzene rings is 2. The van der Waals surface area contributed by atoms with E-state index in [-0.39, 0.29) is 0 Å². The van der Waals surface area contributed by atoms with Crippen LogP contribution in [0.25, 0.3) is 10.9 Å². The first-order valence-electron chi connectivity index (χ1n) is 9.75. The van der Waals surface area contributed by atoms with Crippen molar-refractivity contribution < 1.29 is 0 Å². The number of thiocarbonyl (C=S) groups is 1. The molecule has 146 valence electrons. The highest BCUT2D eigenvalue weighted by Crippen LogP contribution is 2.67. The van der Waals surface area contributed by atoms with Crippen LogP contribution in [0.3, 0.4) is 0 Å². The SMILES string of the molecule is Cc1[nH]c2ccccc2c1C1C(CCNC(=S)Nc2cccc(Cl)c2)C1(C)C. The fourth-order valence-electron chi connectivity index (χ4n) is 4.64. The Morgan fingerprint density at radius 1 is 1.18 bits per heavy atom. The van der Waals surface area contributed by atoms with Crippen LogP contribution in [-0.2, 0) is 0 Å². The number of hydrogen-bond acceptors (Lipinski definition) is 1. The summed E-state index contributed by atoms with van der Waals surface area (Å²) >= 11 is 11.5. The molecule has 3 aromatic rings. The zero-order valence-corrected chi connectivity index (χ0v) is 18.0. The van der Waals surface area contributed by atoms with Gasteiger partial charge in [0, 0.05) is 33.9 Å². The van der Waals surface area contributed by atoms with E-state index in [4.69, 9.17) is 23.8 Å². The molecule has 3 nitrogen and oxygen atoms in total. The maximum atomic E-state index is 6.03. The van der Waals surface area contributed by atoms with Gasteiger partial charge in [0.1, 0.15) is 0 Å². The molecule has 1 fully saturated rings. The maximum absolute atomic E-state index is 6.03. The lowest BCUT2D eigenvalue weighted by molar-refractivity contribution is 0.528. The molecule has 0 amide bonds. The van der Waals surface area contributed by atoms with Crippen LogP contribution < -0.4 is 10.6 Å². The van der Waals surface area contributed by atoms with Crippen molar-refractivity contribution >= 4 is 45.5 Å². The largest absolute Gasteiger partial charge is 0.362 e. The molecule has 28 heavy (non-hydrogen) atoms. The molecule has 4 rings (SSSR count). The Bertz CT molecular complexity index is 1020. The second-order valence-electron chi connectivity index (χ2n) is 8.29. The monoisotopic (exact) mass is 411 g/mol. The van der Waals surface area contributed by atoms with Crippen LogP contribution in [0.1, 0.15) is 37.4 Å². The molecule has 0 radical (unpaired) electrons. The zero-order chi connectivity index (χ0) is 19.9. The molecule has 3 N–H and O–H groups in total. The van der Waals surface area contributed by atoms with Crippen LogP contribution in [0.4, 0.5) is 5.69 Å². The van der Waals surface area contributed by atoms with Gasteiger partial charge in [-0.1, -0.05) is 49.7 Å². The smallest absolute Gasteiger partial charge is 0.170 e. The Kier molecular flexibility index (Phi) is 5.11. The molecule has 0 aliphatic heterocycles. The number of aromatic nitrogens is 1. The number of aromatic amines is 1. The first kappa shape index (κ1) is 19.3. The van der Waals surface area contributed by atoms with E-state index >= 15 is 0 Å². The van der Waals surface area contributed by atoms with E-state index in [2.05, 4.69) is 60.7 Å². The van der Waals surface area contributed by atoms with Crippen molar-refractivity contribution in [3.8, 4) is 0 Å². The number of para-hydroxylation sites is 1. The molecule has 1 aliphatic carbocycles. The topological polar surface area (TPSA) is 39.9 Å². The van der Waals surface area contributed by atoms with Gasteiger partial charge in [0.05, 0.1) is 0 Å². The Morgan fingerprint density at radius 3 is 2.75 bits per heavy atom. The molecule has 1 aromatic heterocycles. The minimum absolute atomic E-state index is 0.305. The lowest BCUT2D eigenvalue weighted by Gasteiger charge is -2.11. The minimum Gasteiger partial charge on any atom is -0.362 e. The number of nitrogens with one attached hydrogen (secondary N) is 3. The molecule has 0 spiro atoms. The molecule has 0 bridgehead atoms. The summed E-state index contributed by atoms with van der Waals surface area (Å²) in [6.07, 6.45) is 1.09. The first-order valence-corrected chi connectivity index (χ1v) is 10.5. The van der Waals surface area contributed by atoms with Crippen molar-refractivity contribution in [3.05, 3.63) is 64.8 Å². The van der Waals surface area contributed by atoms with Crippen LogP contribution in [0.15, 0.2) is 48.5 Å². The Balaban J connectivity index is 1.38. The van der Waals surface area contributed by atoms with Gasteiger partial charge in [0.15, 0.2) is 5.11 Å². The van der Waals surface area contributed by atoms with E-state index in [1.807, 2.05) is 24.3 Å². The lowest BCUT2D eigenvalue weighted by Crippen LogP contribution is -2.29. The van der Waals surface area contributed by atoms with Crippen molar-refractivity contribution in [1.29, 1.82) is 0 Å². The van der Waals surface area contributed by atoms with Gasteiger partial charge in [-0.15, -0.1) is 0 Å². The molecule has 5 heteroatoms. The van der Waals surface area contributed by atoms with E-state index in [9.17, 15) is 0 Å². The van der Waals surface area contributed by atoms with Crippen LogP contribution >= 0.6 is 23.8 Å². The van der Waals surface area contributed by atoms with Gasteiger partial charge in [0.25, 0.3) is 0 Å². The number of aryl methyl sites for hydroxylation is 1. The lowest BCUT2D eigenvalue weighted by atomic mass is 10.0. The highest BCUT2D eigenvalue weighted by atomic mass is 35.5. The Hall–Kier alpha value is -2.04. The van der Waals surface area contributed by atoms with E-state index in [1.54, 1.807) is 0 Å². The van der Waals surface area contributed by atoms with Gasteiger partial charge in [-0.05, 0) is 72.6 Å².